The fourth-order valence-corrected chi connectivity index (χ4v) is 2.94. The number of carbonyl (C=O) groups excluding carboxylic acids is 1. The smallest absolute Gasteiger partial charge is 0.358 e. The summed E-state index contributed by atoms with van der Waals surface area (Å²) in [4.78, 5) is 16.7. The van der Waals surface area contributed by atoms with Gasteiger partial charge < -0.3 is 4.74 Å². The van der Waals surface area contributed by atoms with Gasteiger partial charge in [-0.3, -0.25) is 0 Å². The van der Waals surface area contributed by atoms with E-state index in [-0.39, 0.29) is 5.82 Å². The minimum Gasteiger partial charge on any atom is -0.461 e. The lowest BCUT2D eigenvalue weighted by atomic mass is 10.2. The van der Waals surface area contributed by atoms with Crippen LogP contribution in [0, 0.1) is 12.7 Å². The molecular formula is C13H11BrFNO2S. The van der Waals surface area contributed by atoms with E-state index in [0.29, 0.717) is 27.3 Å². The predicted molar refractivity (Wildman–Crippen MR) is 75.9 cm³/mol. The van der Waals surface area contributed by atoms with E-state index in [4.69, 9.17) is 4.74 Å². The normalized spacial score (nSPS) is 10.5. The van der Waals surface area contributed by atoms with E-state index in [1.807, 2.05) is 0 Å². The van der Waals surface area contributed by atoms with Crippen molar-refractivity contribution in [2.75, 3.05) is 6.61 Å². The lowest BCUT2D eigenvalue weighted by Crippen LogP contribution is -2.06. The molecule has 1 aromatic heterocycles. The molecule has 0 atom stereocenters. The molecule has 0 fully saturated rings. The molecule has 0 aliphatic heterocycles. The van der Waals surface area contributed by atoms with Gasteiger partial charge in [0.15, 0.2) is 5.69 Å². The number of aromatic nitrogens is 1. The Labute approximate surface area is 122 Å². The van der Waals surface area contributed by atoms with E-state index in [9.17, 15) is 9.18 Å². The number of esters is 1. The summed E-state index contributed by atoms with van der Waals surface area (Å²) in [5, 5.41) is 0.598. The standard InChI is InChI=1S/C13H11BrFNO2S/c1-3-18-13(17)11-7(2)19-12(16-11)8-4-9(14)6-10(15)5-8/h4-6H,3H2,1-2H3. The van der Waals surface area contributed by atoms with Crippen LogP contribution in [-0.2, 0) is 4.74 Å². The van der Waals surface area contributed by atoms with Crippen molar-refractivity contribution in [3.8, 4) is 10.6 Å². The van der Waals surface area contributed by atoms with Crippen molar-refractivity contribution < 1.29 is 13.9 Å². The summed E-state index contributed by atoms with van der Waals surface area (Å²) in [7, 11) is 0. The minimum atomic E-state index is -0.446. The van der Waals surface area contributed by atoms with E-state index in [1.165, 1.54) is 23.5 Å². The first-order valence-electron chi connectivity index (χ1n) is 5.62. The third-order valence-corrected chi connectivity index (χ3v) is 3.85. The number of halogens is 2. The van der Waals surface area contributed by atoms with Crippen LogP contribution in [-0.4, -0.2) is 17.6 Å². The second-order valence-electron chi connectivity index (χ2n) is 3.80. The minimum absolute atomic E-state index is 0.294. The highest BCUT2D eigenvalue weighted by molar-refractivity contribution is 9.10. The van der Waals surface area contributed by atoms with E-state index < -0.39 is 5.97 Å². The first kappa shape index (κ1) is 14.1. The average Bonchev–Trinajstić information content (AvgIpc) is 2.70. The first-order valence-corrected chi connectivity index (χ1v) is 7.23. The molecule has 0 bridgehead atoms. The molecule has 0 aliphatic rings. The lowest BCUT2D eigenvalue weighted by Gasteiger charge is -1.99. The molecule has 1 aromatic carbocycles. The van der Waals surface area contributed by atoms with Gasteiger partial charge in [-0.1, -0.05) is 15.9 Å². The van der Waals surface area contributed by atoms with Crippen molar-refractivity contribution in [3.05, 3.63) is 39.1 Å². The number of hydrogen-bond acceptors (Lipinski definition) is 4. The van der Waals surface area contributed by atoms with Gasteiger partial charge in [-0.25, -0.2) is 14.2 Å². The summed E-state index contributed by atoms with van der Waals surface area (Å²) < 4.78 is 18.9. The number of nitrogens with zero attached hydrogens (tertiary/aromatic N) is 1. The number of rotatable bonds is 3. The molecule has 0 unspecified atom stereocenters. The van der Waals surface area contributed by atoms with Gasteiger partial charge in [0.05, 0.1) is 6.61 Å². The van der Waals surface area contributed by atoms with Gasteiger partial charge in [0, 0.05) is 14.9 Å². The molecule has 6 heteroatoms. The predicted octanol–water partition coefficient (Wildman–Crippen LogP) is 4.20. The van der Waals surface area contributed by atoms with Gasteiger partial charge in [0.2, 0.25) is 0 Å². The van der Waals surface area contributed by atoms with E-state index in [1.54, 1.807) is 19.9 Å². The van der Waals surface area contributed by atoms with Gasteiger partial charge in [-0.15, -0.1) is 11.3 Å². The number of hydrogen-bond donors (Lipinski definition) is 0. The number of benzene rings is 1. The maximum absolute atomic E-state index is 13.4. The quantitative estimate of drug-likeness (QED) is 0.784. The van der Waals surface area contributed by atoms with Crippen LogP contribution in [0.4, 0.5) is 4.39 Å². The molecule has 0 spiro atoms. The first-order chi connectivity index (χ1) is 9.01. The average molecular weight is 344 g/mol. The molecule has 100 valence electrons. The molecule has 2 rings (SSSR count). The van der Waals surface area contributed by atoms with Crippen LogP contribution in [0.25, 0.3) is 10.6 Å². The maximum atomic E-state index is 13.4. The Morgan fingerprint density at radius 2 is 2.21 bits per heavy atom. The van der Waals surface area contributed by atoms with Crippen LogP contribution in [0.3, 0.4) is 0 Å². The molecule has 0 saturated carbocycles. The Morgan fingerprint density at radius 1 is 1.47 bits per heavy atom. The summed E-state index contributed by atoms with van der Waals surface area (Å²) in [5.74, 6) is -0.798. The fourth-order valence-electron chi connectivity index (χ4n) is 1.59. The van der Waals surface area contributed by atoms with Gasteiger partial charge in [-0.05, 0) is 32.0 Å². The summed E-state index contributed by atoms with van der Waals surface area (Å²) in [6.07, 6.45) is 0. The van der Waals surface area contributed by atoms with Crippen molar-refractivity contribution in [1.29, 1.82) is 0 Å². The van der Waals surface area contributed by atoms with Crippen LogP contribution in [0.15, 0.2) is 22.7 Å². The Hall–Kier alpha value is -1.27. The topological polar surface area (TPSA) is 39.2 Å². The van der Waals surface area contributed by atoms with Gasteiger partial charge >= 0.3 is 5.97 Å². The van der Waals surface area contributed by atoms with Gasteiger partial charge in [0.25, 0.3) is 0 Å². The van der Waals surface area contributed by atoms with Crippen molar-refractivity contribution in [2.24, 2.45) is 0 Å². The highest BCUT2D eigenvalue weighted by Gasteiger charge is 2.17. The van der Waals surface area contributed by atoms with E-state index in [0.717, 1.165) is 4.88 Å². The van der Waals surface area contributed by atoms with Crippen LogP contribution < -0.4 is 0 Å². The van der Waals surface area contributed by atoms with Gasteiger partial charge in [0.1, 0.15) is 10.8 Å². The largest absolute Gasteiger partial charge is 0.461 e. The molecule has 0 radical (unpaired) electrons. The summed E-state index contributed by atoms with van der Waals surface area (Å²) in [6.45, 7) is 3.84. The van der Waals surface area contributed by atoms with Crippen LogP contribution in [0.1, 0.15) is 22.3 Å². The van der Waals surface area contributed by atoms with Crippen molar-refractivity contribution in [3.63, 3.8) is 0 Å². The Kier molecular flexibility index (Phi) is 4.31. The number of carbonyl (C=O) groups is 1. The fraction of sp³-hybridized carbons (Fsp3) is 0.231. The second kappa shape index (κ2) is 5.79. The third kappa shape index (κ3) is 3.19. The molecule has 19 heavy (non-hydrogen) atoms. The van der Waals surface area contributed by atoms with Crippen LogP contribution in [0.2, 0.25) is 0 Å². The molecule has 1 heterocycles. The maximum Gasteiger partial charge on any atom is 0.358 e. The zero-order valence-corrected chi connectivity index (χ0v) is 12.8. The van der Waals surface area contributed by atoms with Crippen molar-refractivity contribution in [2.45, 2.75) is 13.8 Å². The Balaban J connectivity index is 2.41. The molecular weight excluding hydrogens is 333 g/mol. The molecule has 0 amide bonds. The number of thiazole rings is 1. The number of aryl methyl sites for hydroxylation is 1. The zero-order valence-electron chi connectivity index (χ0n) is 10.4. The summed E-state index contributed by atoms with van der Waals surface area (Å²) >= 11 is 4.57. The lowest BCUT2D eigenvalue weighted by molar-refractivity contribution is 0.0519. The molecule has 0 aliphatic carbocycles. The molecule has 3 nitrogen and oxygen atoms in total. The SMILES string of the molecule is CCOC(=O)c1nc(-c2cc(F)cc(Br)c2)sc1C. The van der Waals surface area contributed by atoms with E-state index >= 15 is 0 Å². The highest BCUT2D eigenvalue weighted by atomic mass is 79.9. The molecule has 0 saturated heterocycles. The van der Waals surface area contributed by atoms with Crippen molar-refractivity contribution >= 4 is 33.2 Å². The molecule has 2 aromatic rings. The Morgan fingerprint density at radius 3 is 2.84 bits per heavy atom. The van der Waals surface area contributed by atoms with E-state index in [2.05, 4.69) is 20.9 Å². The van der Waals surface area contributed by atoms with Crippen molar-refractivity contribution in [1.82, 2.24) is 4.98 Å². The third-order valence-electron chi connectivity index (χ3n) is 2.37. The summed E-state index contributed by atoms with van der Waals surface area (Å²) in [5.41, 5.74) is 0.928. The zero-order chi connectivity index (χ0) is 14.0. The second-order valence-corrected chi connectivity index (χ2v) is 5.92. The Bertz CT molecular complexity index is 607. The molecule has 0 N–H and O–H groups in total. The number of ether oxygens (including phenoxy) is 1. The van der Waals surface area contributed by atoms with Crippen LogP contribution >= 0.6 is 27.3 Å². The summed E-state index contributed by atoms with van der Waals surface area (Å²) in [6, 6.07) is 4.52. The monoisotopic (exact) mass is 343 g/mol. The van der Waals surface area contributed by atoms with Crippen LogP contribution in [0.5, 0.6) is 0 Å². The van der Waals surface area contributed by atoms with Gasteiger partial charge in [-0.2, -0.15) is 0 Å². The highest BCUT2D eigenvalue weighted by Crippen LogP contribution is 2.30.